The third-order valence-electron chi connectivity index (χ3n) is 14.6. The lowest BCUT2D eigenvalue weighted by Crippen LogP contribution is -2.26. The van der Waals surface area contributed by atoms with Crippen molar-refractivity contribution in [1.82, 2.24) is 69.2 Å². The van der Waals surface area contributed by atoms with E-state index in [4.69, 9.17) is 34.9 Å². The smallest absolute Gasteiger partial charge is 0.181 e. The molecule has 8 aromatic heterocycles. The second kappa shape index (κ2) is 25.0. The van der Waals surface area contributed by atoms with E-state index in [9.17, 15) is 0 Å². The number of thiazole rings is 1. The van der Waals surface area contributed by atoms with Gasteiger partial charge in [0.1, 0.15) is 40.3 Å². The molecule has 14 nitrogen and oxygen atoms in total. The van der Waals surface area contributed by atoms with Crippen LogP contribution in [-0.4, -0.2) is 69.2 Å². The summed E-state index contributed by atoms with van der Waals surface area (Å²) in [6.45, 7) is 65.3. The maximum Gasteiger partial charge on any atom is 0.181 e. The summed E-state index contributed by atoms with van der Waals surface area (Å²) in [5.74, 6) is 4.72. The van der Waals surface area contributed by atoms with Crippen LogP contribution in [0.25, 0.3) is 38.1 Å². The van der Waals surface area contributed by atoms with Gasteiger partial charge in [0.05, 0.1) is 50.5 Å². The lowest BCUT2D eigenvalue weighted by molar-refractivity contribution is 0.492. The van der Waals surface area contributed by atoms with Gasteiger partial charge in [-0.2, -0.15) is 0 Å². The minimum atomic E-state index is -0.0624. The Balaban J connectivity index is 0.000000174. The van der Waals surface area contributed by atoms with Gasteiger partial charge >= 0.3 is 0 Å². The second-order valence-electron chi connectivity index (χ2n) is 34.0. The Kier molecular flexibility index (Phi) is 20.1. The molecule has 1 aromatic carbocycles. The van der Waals surface area contributed by atoms with Gasteiger partial charge < -0.3 is 4.98 Å². The highest BCUT2D eigenvalue weighted by atomic mass is 32.1. The molecule has 0 saturated carbocycles. The average Bonchev–Trinajstić information content (AvgIpc) is 1.90. The molecule has 8 heterocycles. The van der Waals surface area contributed by atoms with Crippen LogP contribution in [0.5, 0.6) is 0 Å². The van der Waals surface area contributed by atoms with E-state index in [1.54, 1.807) is 17.7 Å². The summed E-state index contributed by atoms with van der Waals surface area (Å²) >= 11 is 1.62. The normalized spacial score (nSPS) is 13.9. The summed E-state index contributed by atoms with van der Waals surface area (Å²) in [5.41, 5.74) is 14.9. The number of imidazole rings is 2. The third-order valence-corrected chi connectivity index (χ3v) is 15.4. The molecule has 0 fully saturated rings. The third kappa shape index (κ3) is 17.6. The van der Waals surface area contributed by atoms with Crippen molar-refractivity contribution in [2.45, 2.75) is 288 Å². The van der Waals surface area contributed by atoms with Crippen LogP contribution >= 0.6 is 11.3 Å². The zero-order valence-corrected chi connectivity index (χ0v) is 60.1. The number of aryl methyl sites for hydroxylation is 1. The monoisotopic (exact) mass is 1200 g/mol. The lowest BCUT2D eigenvalue weighted by atomic mass is 9.82. The van der Waals surface area contributed by atoms with Crippen molar-refractivity contribution in [1.29, 1.82) is 0 Å². The number of aromatic nitrogens is 14. The topological polar surface area (TPSA) is 175 Å². The quantitative estimate of drug-likeness (QED) is 0.152. The molecule has 1 aliphatic rings. The molecule has 1 aliphatic carbocycles. The minimum absolute atomic E-state index is 0.0141. The van der Waals surface area contributed by atoms with Crippen molar-refractivity contribution in [2.24, 2.45) is 0 Å². The number of para-hydroxylation sites is 1. The predicted octanol–water partition coefficient (Wildman–Crippen LogP) is 18.1. The van der Waals surface area contributed by atoms with Crippen LogP contribution in [0.15, 0.2) is 54.6 Å². The summed E-state index contributed by atoms with van der Waals surface area (Å²) in [6.07, 6.45) is 10.3. The molecule has 0 bridgehead atoms. The fraction of sp³-hybridized carbons (Fsp3) is 0.611. The second-order valence-corrected chi connectivity index (χ2v) is 34.8. The lowest BCUT2D eigenvalue weighted by Gasteiger charge is -2.29. The molecule has 1 N–H and O–H groups in total. The van der Waals surface area contributed by atoms with Gasteiger partial charge in [-0.1, -0.05) is 226 Å². The van der Waals surface area contributed by atoms with E-state index in [1.165, 1.54) is 29.8 Å². The predicted molar refractivity (Wildman–Crippen MR) is 365 cm³/mol. The summed E-state index contributed by atoms with van der Waals surface area (Å²) in [6, 6.07) is 10.4. The number of H-pyrrole nitrogens is 1. The molecule has 0 saturated heterocycles. The fourth-order valence-electron chi connectivity index (χ4n) is 9.69. The maximum absolute atomic E-state index is 4.92. The molecule has 9 aromatic rings. The first kappa shape index (κ1) is 69.9. The number of nitrogens with one attached hydrogen (secondary N) is 1. The van der Waals surface area contributed by atoms with Gasteiger partial charge in [-0.25, -0.2) is 59.8 Å². The summed E-state index contributed by atoms with van der Waals surface area (Å²) in [5, 5.41) is 1.16. The van der Waals surface area contributed by atoms with Crippen LogP contribution in [0.4, 0.5) is 0 Å². The van der Waals surface area contributed by atoms with Crippen LogP contribution < -0.4 is 0 Å². The molecule has 0 amide bonds. The van der Waals surface area contributed by atoms with E-state index in [2.05, 4.69) is 266 Å². The number of aromatic amines is 1. The standard InChI is InChI=1S/C16H26N2.C16H22N2.C14H21N3.C13H20N4.C13H19N3S/c2*1-15(2,3)13-11-9-7-8-10-12(11)17-14(18-13)16(4,5)6;1-13(2,3)10-9-11-15-7-8-17(11)12(16-10)14(4,5)6;1-12(2,3)9-8-10(15-7-14-8)17-11(16-9)13(4,5)6;1-12(2,3)9-8-10(14-7-17-8)16-11(15-9)13(4,5)6/h7-10H2,1-6H3;7-10H,1-6H3;7-9H,1-6H3;7H,1-6H3,(H,14,15,16,17);7H,1-6H3. The van der Waals surface area contributed by atoms with Gasteiger partial charge in [0.15, 0.2) is 11.3 Å². The van der Waals surface area contributed by atoms with Crippen LogP contribution in [0.3, 0.4) is 0 Å². The first-order valence-electron chi connectivity index (χ1n) is 31.3. The van der Waals surface area contributed by atoms with Crippen LogP contribution in [0, 0.1) is 0 Å². The van der Waals surface area contributed by atoms with Crippen LogP contribution in [0.1, 0.15) is 289 Å². The van der Waals surface area contributed by atoms with E-state index < -0.39 is 0 Å². The number of rotatable bonds is 0. The SMILES string of the molecule is CC(C)(C)c1cc2nccn2c(C(C)(C)C)n1.CC(C)(C)c1nc(C(C)(C)C)c2[nH]cnc2n1.CC(C)(C)c1nc(C(C)(C)C)c2ccccc2n1.CC(C)(C)c1nc(C(C)(C)C)c2scnc2n1.CC(C)(C)c1nc2c(c(C(C)(C)C)n1)CCCC2. The molecular formula is C72H108N14S. The van der Waals surface area contributed by atoms with Crippen molar-refractivity contribution in [3.8, 4) is 0 Å². The summed E-state index contributed by atoms with van der Waals surface area (Å²) in [7, 11) is 0. The number of hydrogen-bond acceptors (Lipinski definition) is 13. The molecule has 0 spiro atoms. The van der Waals surface area contributed by atoms with Gasteiger partial charge in [0.2, 0.25) is 0 Å². The van der Waals surface area contributed by atoms with Crippen molar-refractivity contribution < 1.29 is 0 Å². The highest BCUT2D eigenvalue weighted by molar-refractivity contribution is 7.16. The van der Waals surface area contributed by atoms with E-state index in [0.29, 0.717) is 0 Å². The van der Waals surface area contributed by atoms with Crippen LogP contribution in [0.2, 0.25) is 0 Å². The van der Waals surface area contributed by atoms with Gasteiger partial charge in [0.25, 0.3) is 0 Å². The summed E-state index contributed by atoms with van der Waals surface area (Å²) in [4.78, 5) is 58.9. The van der Waals surface area contributed by atoms with E-state index in [1.807, 2.05) is 24.0 Å². The molecule has 87 heavy (non-hydrogen) atoms. The Morgan fingerprint density at radius 3 is 1.44 bits per heavy atom. The number of fused-ring (bicyclic) bond motifs is 5. The highest BCUT2D eigenvalue weighted by Gasteiger charge is 2.32. The first-order chi connectivity index (χ1) is 39.5. The van der Waals surface area contributed by atoms with Crippen LogP contribution in [-0.2, 0) is 67.0 Å². The van der Waals surface area contributed by atoms with Crippen molar-refractivity contribution in [3.05, 3.63) is 123 Å². The average molecular weight is 1200 g/mol. The molecule has 0 atom stereocenters. The molecule has 15 heteroatoms. The minimum Gasteiger partial charge on any atom is -0.342 e. The molecule has 0 radical (unpaired) electrons. The molecule has 472 valence electrons. The van der Waals surface area contributed by atoms with E-state index >= 15 is 0 Å². The Labute approximate surface area is 526 Å². The Morgan fingerprint density at radius 2 is 0.908 bits per heavy atom. The van der Waals surface area contributed by atoms with Crippen molar-refractivity contribution in [3.63, 3.8) is 0 Å². The fourth-order valence-corrected chi connectivity index (χ4v) is 10.6. The van der Waals surface area contributed by atoms with Gasteiger partial charge in [-0.05, 0) is 37.3 Å². The zero-order chi connectivity index (χ0) is 65.6. The van der Waals surface area contributed by atoms with E-state index in [-0.39, 0.29) is 54.1 Å². The van der Waals surface area contributed by atoms with Crippen molar-refractivity contribution >= 4 is 49.4 Å². The van der Waals surface area contributed by atoms with Gasteiger partial charge in [-0.3, -0.25) is 4.40 Å². The van der Waals surface area contributed by atoms with Gasteiger partial charge in [-0.15, -0.1) is 11.3 Å². The van der Waals surface area contributed by atoms with Crippen molar-refractivity contribution in [2.75, 3.05) is 0 Å². The largest absolute Gasteiger partial charge is 0.342 e. The molecule has 10 rings (SSSR count). The number of hydrogen-bond donors (Lipinski definition) is 1. The molecule has 0 unspecified atom stereocenters. The zero-order valence-electron chi connectivity index (χ0n) is 59.2. The van der Waals surface area contributed by atoms with E-state index in [0.717, 1.165) is 103 Å². The summed E-state index contributed by atoms with van der Waals surface area (Å²) < 4.78 is 3.19. The number of benzene rings is 1. The molecular weight excluding hydrogens is 1090 g/mol. The Morgan fingerprint density at radius 1 is 0.425 bits per heavy atom. The number of nitrogens with zero attached hydrogens (tertiary/aromatic N) is 13. The van der Waals surface area contributed by atoms with Gasteiger partial charge in [0, 0.05) is 83.7 Å². The maximum atomic E-state index is 4.92. The first-order valence-corrected chi connectivity index (χ1v) is 32.2. The highest BCUT2D eigenvalue weighted by Crippen LogP contribution is 2.36. The Hall–Kier alpha value is -6.22. The Bertz CT molecular complexity index is 3560. The molecule has 0 aliphatic heterocycles.